The Hall–Kier alpha value is -1.89. The highest BCUT2D eigenvalue weighted by atomic mass is 35.5. The Bertz CT molecular complexity index is 567. The standard InChI is InChI=1S/C14H19ClN4O3/c1-2-10(18-7-3-4-13(18)20)5-6-16-14-12(15)8-11(9-17-14)19(21)22/h8-10H,2-7H2,1H3,(H,16,17). The molecule has 1 fully saturated rings. The summed E-state index contributed by atoms with van der Waals surface area (Å²) < 4.78 is 0. The molecule has 0 aliphatic carbocycles. The Labute approximate surface area is 133 Å². The van der Waals surface area contributed by atoms with Gasteiger partial charge in [-0.25, -0.2) is 4.98 Å². The zero-order valence-corrected chi connectivity index (χ0v) is 13.2. The van der Waals surface area contributed by atoms with Crippen LogP contribution in [-0.4, -0.2) is 39.8 Å². The molecule has 1 aromatic heterocycles. The van der Waals surface area contributed by atoms with E-state index in [9.17, 15) is 14.9 Å². The maximum absolute atomic E-state index is 11.8. The van der Waals surface area contributed by atoms with Crippen LogP contribution in [0.2, 0.25) is 5.02 Å². The molecule has 2 rings (SSSR count). The molecule has 1 N–H and O–H groups in total. The number of aromatic nitrogens is 1. The fourth-order valence-electron chi connectivity index (χ4n) is 2.65. The van der Waals surface area contributed by atoms with Gasteiger partial charge in [-0.3, -0.25) is 14.9 Å². The Balaban J connectivity index is 1.90. The van der Waals surface area contributed by atoms with E-state index in [1.54, 1.807) is 0 Å². The largest absolute Gasteiger partial charge is 0.369 e. The molecule has 1 aliphatic heterocycles. The highest BCUT2D eigenvalue weighted by molar-refractivity contribution is 6.33. The van der Waals surface area contributed by atoms with Crippen LogP contribution < -0.4 is 5.32 Å². The van der Waals surface area contributed by atoms with Gasteiger partial charge >= 0.3 is 0 Å². The van der Waals surface area contributed by atoms with Gasteiger partial charge in [-0.1, -0.05) is 18.5 Å². The smallest absolute Gasteiger partial charge is 0.289 e. The first-order valence-electron chi connectivity index (χ1n) is 7.36. The molecular formula is C14H19ClN4O3. The van der Waals surface area contributed by atoms with Gasteiger partial charge in [-0.2, -0.15) is 0 Å². The average Bonchev–Trinajstić information content (AvgIpc) is 2.91. The molecule has 0 saturated carbocycles. The van der Waals surface area contributed by atoms with E-state index in [1.165, 1.54) is 12.3 Å². The van der Waals surface area contributed by atoms with Gasteiger partial charge in [0.25, 0.3) is 5.69 Å². The molecule has 22 heavy (non-hydrogen) atoms. The van der Waals surface area contributed by atoms with Crippen LogP contribution in [0.5, 0.6) is 0 Å². The number of anilines is 1. The number of carbonyl (C=O) groups is 1. The Morgan fingerprint density at radius 2 is 2.36 bits per heavy atom. The summed E-state index contributed by atoms with van der Waals surface area (Å²) in [6.45, 7) is 3.49. The number of hydrogen-bond donors (Lipinski definition) is 1. The van der Waals surface area contributed by atoms with Crippen molar-refractivity contribution < 1.29 is 9.72 Å². The third kappa shape index (κ3) is 3.85. The lowest BCUT2D eigenvalue weighted by atomic mass is 10.1. The molecule has 1 unspecified atom stereocenters. The van der Waals surface area contributed by atoms with Crippen molar-refractivity contribution in [3.05, 3.63) is 27.4 Å². The number of likely N-dealkylation sites (tertiary alicyclic amines) is 1. The van der Waals surface area contributed by atoms with Gasteiger partial charge in [-0.15, -0.1) is 0 Å². The van der Waals surface area contributed by atoms with Crippen LogP contribution in [0.3, 0.4) is 0 Å². The molecule has 1 amide bonds. The maximum atomic E-state index is 11.8. The number of carbonyl (C=O) groups excluding carboxylic acids is 1. The van der Waals surface area contributed by atoms with Crippen LogP contribution in [-0.2, 0) is 4.79 Å². The fourth-order valence-corrected chi connectivity index (χ4v) is 2.88. The van der Waals surface area contributed by atoms with Crippen LogP contribution in [0, 0.1) is 10.1 Å². The molecule has 1 saturated heterocycles. The maximum Gasteiger partial charge on any atom is 0.289 e. The molecule has 120 valence electrons. The molecule has 0 spiro atoms. The van der Waals surface area contributed by atoms with E-state index < -0.39 is 4.92 Å². The molecule has 1 atom stereocenters. The predicted molar refractivity (Wildman–Crippen MR) is 84.0 cm³/mol. The summed E-state index contributed by atoms with van der Waals surface area (Å²) in [5.41, 5.74) is -0.135. The summed E-state index contributed by atoms with van der Waals surface area (Å²) in [6, 6.07) is 1.48. The number of amides is 1. The van der Waals surface area contributed by atoms with Crippen LogP contribution in [0.1, 0.15) is 32.6 Å². The number of nitrogens with one attached hydrogen (secondary N) is 1. The lowest BCUT2D eigenvalue weighted by Gasteiger charge is -2.27. The van der Waals surface area contributed by atoms with Crippen molar-refractivity contribution in [2.75, 3.05) is 18.4 Å². The second-order valence-corrected chi connectivity index (χ2v) is 5.66. The molecule has 1 aromatic rings. The van der Waals surface area contributed by atoms with Gasteiger partial charge < -0.3 is 10.2 Å². The first-order valence-corrected chi connectivity index (χ1v) is 7.74. The van der Waals surface area contributed by atoms with Crippen LogP contribution in [0.15, 0.2) is 12.3 Å². The van der Waals surface area contributed by atoms with E-state index in [0.29, 0.717) is 18.8 Å². The van der Waals surface area contributed by atoms with Gasteiger partial charge in [0.05, 0.1) is 9.95 Å². The predicted octanol–water partition coefficient (Wildman–Crippen LogP) is 2.85. The monoisotopic (exact) mass is 326 g/mol. The quantitative estimate of drug-likeness (QED) is 0.614. The van der Waals surface area contributed by atoms with Crippen molar-refractivity contribution in [1.29, 1.82) is 0 Å². The second-order valence-electron chi connectivity index (χ2n) is 5.25. The van der Waals surface area contributed by atoms with Gasteiger partial charge in [-0.05, 0) is 19.3 Å². The molecule has 0 radical (unpaired) electrons. The first-order chi connectivity index (χ1) is 10.5. The summed E-state index contributed by atoms with van der Waals surface area (Å²) in [4.78, 5) is 27.8. The van der Waals surface area contributed by atoms with Crippen molar-refractivity contribution in [2.45, 2.75) is 38.6 Å². The number of halogens is 1. The first kappa shape index (κ1) is 16.5. The van der Waals surface area contributed by atoms with E-state index in [0.717, 1.165) is 25.8 Å². The van der Waals surface area contributed by atoms with E-state index in [1.807, 2.05) is 4.90 Å². The normalized spacial score (nSPS) is 15.9. The number of nitrogens with zero attached hydrogens (tertiary/aromatic N) is 3. The van der Waals surface area contributed by atoms with Crippen molar-refractivity contribution >= 4 is 29.0 Å². The van der Waals surface area contributed by atoms with Crippen LogP contribution >= 0.6 is 11.6 Å². The van der Waals surface area contributed by atoms with Gasteiger partial charge in [0.15, 0.2) is 0 Å². The average molecular weight is 327 g/mol. The van der Waals surface area contributed by atoms with Crippen molar-refractivity contribution in [3.8, 4) is 0 Å². The van der Waals surface area contributed by atoms with E-state index in [2.05, 4.69) is 17.2 Å². The summed E-state index contributed by atoms with van der Waals surface area (Å²) in [5, 5.41) is 13.9. The third-order valence-electron chi connectivity index (χ3n) is 3.83. The minimum Gasteiger partial charge on any atom is -0.369 e. The SMILES string of the molecule is CCC(CCNc1ncc([N+](=O)[O-])cc1Cl)N1CCCC1=O. The van der Waals surface area contributed by atoms with Crippen LogP contribution in [0.4, 0.5) is 11.5 Å². The summed E-state index contributed by atoms with van der Waals surface area (Å²) >= 11 is 5.98. The highest BCUT2D eigenvalue weighted by Gasteiger charge is 2.26. The van der Waals surface area contributed by atoms with Crippen molar-refractivity contribution in [3.63, 3.8) is 0 Å². The van der Waals surface area contributed by atoms with E-state index in [-0.39, 0.29) is 22.7 Å². The molecule has 0 bridgehead atoms. The molecule has 8 heteroatoms. The van der Waals surface area contributed by atoms with Gasteiger partial charge in [0.2, 0.25) is 5.91 Å². The minimum atomic E-state index is -0.533. The Morgan fingerprint density at radius 3 is 2.91 bits per heavy atom. The zero-order chi connectivity index (χ0) is 16.1. The number of nitro groups is 1. The van der Waals surface area contributed by atoms with Gasteiger partial charge in [0.1, 0.15) is 12.0 Å². The van der Waals surface area contributed by atoms with E-state index in [4.69, 9.17) is 11.6 Å². The van der Waals surface area contributed by atoms with E-state index >= 15 is 0 Å². The molecular weight excluding hydrogens is 308 g/mol. The Kier molecular flexibility index (Phi) is 5.54. The van der Waals surface area contributed by atoms with Gasteiger partial charge in [0, 0.05) is 31.6 Å². The molecule has 0 aromatic carbocycles. The number of pyridine rings is 1. The second kappa shape index (κ2) is 7.40. The highest BCUT2D eigenvalue weighted by Crippen LogP contribution is 2.24. The molecule has 2 heterocycles. The lowest BCUT2D eigenvalue weighted by molar-refractivity contribution is -0.385. The molecule has 7 nitrogen and oxygen atoms in total. The third-order valence-corrected chi connectivity index (χ3v) is 4.12. The fraction of sp³-hybridized carbons (Fsp3) is 0.571. The summed E-state index contributed by atoms with van der Waals surface area (Å²) in [7, 11) is 0. The Morgan fingerprint density at radius 1 is 1.59 bits per heavy atom. The lowest BCUT2D eigenvalue weighted by Crippen LogP contribution is -2.37. The van der Waals surface area contributed by atoms with Crippen molar-refractivity contribution in [2.24, 2.45) is 0 Å². The summed E-state index contributed by atoms with van der Waals surface area (Å²) in [6.07, 6.45) is 4.43. The number of rotatable bonds is 7. The topological polar surface area (TPSA) is 88.4 Å². The number of hydrogen-bond acceptors (Lipinski definition) is 5. The zero-order valence-electron chi connectivity index (χ0n) is 12.4. The van der Waals surface area contributed by atoms with Crippen LogP contribution in [0.25, 0.3) is 0 Å². The summed E-state index contributed by atoms with van der Waals surface area (Å²) in [5.74, 6) is 0.646. The minimum absolute atomic E-state index is 0.135. The molecule has 1 aliphatic rings. The van der Waals surface area contributed by atoms with Crippen molar-refractivity contribution in [1.82, 2.24) is 9.88 Å².